The van der Waals surface area contributed by atoms with Crippen molar-refractivity contribution in [2.24, 2.45) is 0 Å². The van der Waals surface area contributed by atoms with Gasteiger partial charge in [0.25, 0.3) is 0 Å². The third kappa shape index (κ3) is 6.51. The summed E-state index contributed by atoms with van der Waals surface area (Å²) in [6, 6.07) is 49.8. The molecule has 3 heterocycles. The summed E-state index contributed by atoms with van der Waals surface area (Å²) in [7, 11) is 0. The molecule has 1 aliphatic rings. The summed E-state index contributed by atoms with van der Waals surface area (Å²) in [6.07, 6.45) is 1.71. The van der Waals surface area contributed by atoms with Crippen LogP contribution in [0.4, 0.5) is 31.5 Å². The molecular weight excluding hydrogens is 906 g/mol. The fraction of sp³-hybridized carbons (Fsp3) is 0.0400. The van der Waals surface area contributed by atoms with Gasteiger partial charge in [-0.15, -0.1) is 53.6 Å². The van der Waals surface area contributed by atoms with Crippen LogP contribution in [-0.2, 0) is 21.1 Å². The van der Waals surface area contributed by atoms with Crippen LogP contribution in [0.3, 0.4) is 0 Å². The number of aryl methyl sites for hydroxylation is 2. The van der Waals surface area contributed by atoms with E-state index >= 15 is 4.39 Å². The van der Waals surface area contributed by atoms with E-state index in [4.69, 9.17) is 13.0 Å². The summed E-state index contributed by atoms with van der Waals surface area (Å²) in [5.41, 5.74) is 4.07. The Hall–Kier alpha value is -6.56. The number of ether oxygens (including phenoxy) is 1. The van der Waals surface area contributed by atoms with E-state index in [9.17, 15) is 4.39 Å². The molecule has 0 saturated heterocycles. The van der Waals surface area contributed by atoms with E-state index in [2.05, 4.69) is 17.1 Å². The Morgan fingerprint density at radius 2 is 1.36 bits per heavy atom. The second-order valence-electron chi connectivity index (χ2n) is 13.6. The summed E-state index contributed by atoms with van der Waals surface area (Å²) >= 11 is 0. The first-order chi connectivity index (χ1) is 30.3. The van der Waals surface area contributed by atoms with Crippen molar-refractivity contribution in [1.29, 1.82) is 0 Å². The van der Waals surface area contributed by atoms with E-state index in [0.717, 1.165) is 22.4 Å². The van der Waals surface area contributed by atoms with Gasteiger partial charge in [-0.1, -0.05) is 84.4 Å². The molecule has 0 saturated carbocycles. The summed E-state index contributed by atoms with van der Waals surface area (Å²) in [5.74, 6) is -0.453. The average molecular weight is 945 g/mol. The van der Waals surface area contributed by atoms with E-state index in [1.807, 2.05) is 65.2 Å². The number of fused-ring (bicyclic) bond motifs is 4. The van der Waals surface area contributed by atoms with Crippen LogP contribution in [0, 0.1) is 44.1 Å². The van der Waals surface area contributed by atoms with Crippen molar-refractivity contribution in [2.75, 3.05) is 9.80 Å². The zero-order valence-electron chi connectivity index (χ0n) is 36.4. The van der Waals surface area contributed by atoms with Crippen molar-refractivity contribution in [3.05, 3.63) is 199 Å². The molecule has 0 unspecified atom stereocenters. The smallest absolute Gasteiger partial charge is 0.147 e. The zero-order valence-corrected chi connectivity index (χ0v) is 32.6. The molecule has 0 amide bonds. The number of pyridine rings is 1. The standard InChI is InChI=1S/C50H33F2N4O.Pt/c1-32-24-35(34-12-4-3-5-13-34)25-33(2)50(32)36-26-38(54-31-55(47-17-9-8-16-46(47)54)45-22-19-37(51)28-43(45)52)29-40(27-36)57-39-20-21-42-41-14-6-7-15-44(41)56(48(42)30-39)49-18-10-11-23-53-49;/h3-28,31H,1-2H3;/q-3;/i1D3,2D3;. The first-order valence-corrected chi connectivity index (χ1v) is 18.2. The predicted octanol–water partition coefficient (Wildman–Crippen LogP) is 13.2. The minimum atomic E-state index is -2.76. The van der Waals surface area contributed by atoms with Crippen molar-refractivity contribution >= 4 is 44.6 Å². The SMILES string of the molecule is [2H]C([2H])([2H])c1cc(-c2ccccc2)cc(C([2H])([2H])[2H])c1-c1cc(Oc2[c-]c3c(cc2)c2ccccc2n3-c2ccccn2)[c-]c(N2[CH-]N(c3ccc(F)cc3F)c3ccccc32)c1.[Pt]. The molecule has 7 aromatic carbocycles. The molecule has 0 aliphatic carbocycles. The van der Waals surface area contributed by atoms with E-state index in [1.54, 1.807) is 83.3 Å². The van der Waals surface area contributed by atoms with Gasteiger partial charge in [-0.05, 0) is 89.4 Å². The second-order valence-corrected chi connectivity index (χ2v) is 13.6. The fourth-order valence-corrected chi connectivity index (χ4v) is 7.56. The number of rotatable bonds is 7. The van der Waals surface area contributed by atoms with Crippen LogP contribution < -0.4 is 14.5 Å². The Labute approximate surface area is 358 Å². The van der Waals surface area contributed by atoms with Crippen LogP contribution in [-0.4, -0.2) is 9.55 Å². The molecule has 0 radical (unpaired) electrons. The van der Waals surface area contributed by atoms with E-state index < -0.39 is 25.3 Å². The second kappa shape index (κ2) is 15.1. The van der Waals surface area contributed by atoms with Crippen molar-refractivity contribution in [3.63, 3.8) is 0 Å². The molecule has 58 heavy (non-hydrogen) atoms. The number of halogens is 2. The zero-order chi connectivity index (χ0) is 43.6. The van der Waals surface area contributed by atoms with Gasteiger partial charge >= 0.3 is 0 Å². The largest absolute Gasteiger partial charge is 0.509 e. The minimum absolute atomic E-state index is 0. The normalized spacial score (nSPS) is 14.2. The van der Waals surface area contributed by atoms with Gasteiger partial charge in [-0.2, -0.15) is 6.07 Å². The molecule has 9 aromatic rings. The van der Waals surface area contributed by atoms with E-state index in [-0.39, 0.29) is 60.5 Å². The first kappa shape index (κ1) is 30.6. The van der Waals surface area contributed by atoms with E-state index in [0.29, 0.717) is 39.5 Å². The molecule has 5 nitrogen and oxygen atoms in total. The van der Waals surface area contributed by atoms with Gasteiger partial charge in [-0.3, -0.25) is 0 Å². The number of hydrogen-bond donors (Lipinski definition) is 0. The van der Waals surface area contributed by atoms with Crippen LogP contribution in [0.25, 0.3) is 49.9 Å². The van der Waals surface area contributed by atoms with Gasteiger partial charge in [-0.25, -0.2) is 13.8 Å². The number of anilines is 4. The van der Waals surface area contributed by atoms with Crippen molar-refractivity contribution in [2.45, 2.75) is 13.7 Å². The van der Waals surface area contributed by atoms with Crippen molar-refractivity contribution in [3.8, 4) is 39.6 Å². The molecular formula is C50H33F2N4OPt-3. The van der Waals surface area contributed by atoms with E-state index in [1.165, 1.54) is 24.3 Å². The molecule has 10 rings (SSSR count). The number of aromatic nitrogens is 2. The number of nitrogens with zero attached hydrogens (tertiary/aromatic N) is 4. The molecule has 1 aliphatic heterocycles. The maximum absolute atomic E-state index is 15.4. The quantitative estimate of drug-likeness (QED) is 0.149. The number of hydrogen-bond acceptors (Lipinski definition) is 4. The topological polar surface area (TPSA) is 33.5 Å². The Kier molecular flexibility index (Phi) is 7.94. The maximum atomic E-state index is 15.4. The fourth-order valence-electron chi connectivity index (χ4n) is 7.56. The number of para-hydroxylation sites is 3. The third-order valence-corrected chi connectivity index (χ3v) is 10.1. The van der Waals surface area contributed by atoms with Crippen molar-refractivity contribution < 1.29 is 42.8 Å². The monoisotopic (exact) mass is 944 g/mol. The van der Waals surface area contributed by atoms with Gasteiger partial charge in [0, 0.05) is 75.6 Å². The third-order valence-electron chi connectivity index (χ3n) is 10.1. The first-order valence-electron chi connectivity index (χ1n) is 21.2. The summed E-state index contributed by atoms with van der Waals surface area (Å²) in [6.45, 7) is -3.92. The molecule has 2 aromatic heterocycles. The predicted molar refractivity (Wildman–Crippen MR) is 224 cm³/mol. The molecule has 286 valence electrons. The van der Waals surface area contributed by atoms with Crippen LogP contribution in [0.15, 0.2) is 158 Å². The Morgan fingerprint density at radius 3 is 2.12 bits per heavy atom. The van der Waals surface area contributed by atoms with Crippen LogP contribution in [0.5, 0.6) is 11.5 Å². The Bertz CT molecular complexity index is 3180. The summed E-state index contributed by atoms with van der Waals surface area (Å²) < 4.78 is 90.7. The van der Waals surface area contributed by atoms with Gasteiger partial charge in [0.05, 0.1) is 0 Å². The minimum Gasteiger partial charge on any atom is -0.509 e. The molecule has 0 N–H and O–H groups in total. The Morgan fingerprint density at radius 1 is 0.621 bits per heavy atom. The number of benzene rings is 7. The van der Waals surface area contributed by atoms with Gasteiger partial charge in [0.15, 0.2) is 0 Å². The maximum Gasteiger partial charge on any atom is 0.147 e. The van der Waals surface area contributed by atoms with Crippen LogP contribution in [0.1, 0.15) is 19.4 Å². The molecule has 8 heteroatoms. The van der Waals surface area contributed by atoms with Gasteiger partial charge in [0.2, 0.25) is 0 Å². The molecule has 0 spiro atoms. The van der Waals surface area contributed by atoms with Gasteiger partial charge < -0.3 is 19.1 Å². The van der Waals surface area contributed by atoms with Crippen LogP contribution >= 0.6 is 0 Å². The van der Waals surface area contributed by atoms with Gasteiger partial charge in [0.1, 0.15) is 17.5 Å². The molecule has 0 bridgehead atoms. The van der Waals surface area contributed by atoms with Crippen LogP contribution in [0.2, 0.25) is 0 Å². The molecule has 0 fully saturated rings. The Balaban J connectivity index is 0.00000518. The summed E-state index contributed by atoms with van der Waals surface area (Å²) in [4.78, 5) is 7.90. The molecule has 0 atom stereocenters. The average Bonchev–Trinajstić information content (AvgIpc) is 3.82. The summed E-state index contributed by atoms with van der Waals surface area (Å²) in [5, 5.41) is 1.89. The van der Waals surface area contributed by atoms with Crippen molar-refractivity contribution in [1.82, 2.24) is 9.55 Å².